The second kappa shape index (κ2) is 2.58. The molecule has 0 bridgehead atoms. The largest absolute Gasteiger partial charge is 0.480 e. The molecule has 1 aliphatic rings. The maximum Gasteiger partial charge on any atom is 0.328 e. The van der Waals surface area contributed by atoms with Crippen molar-refractivity contribution >= 4 is 5.97 Å². The van der Waals surface area contributed by atoms with Gasteiger partial charge in [0.05, 0.1) is 11.9 Å². The summed E-state index contributed by atoms with van der Waals surface area (Å²) in [7, 11) is 0. The van der Waals surface area contributed by atoms with Gasteiger partial charge in [0, 0.05) is 0 Å². The molecule has 1 N–H and O–H groups in total. The third kappa shape index (κ3) is 0.975. The number of carbonyl (C=O) groups is 1. The lowest BCUT2D eigenvalue weighted by atomic mass is 10.0. The van der Waals surface area contributed by atoms with Crippen LogP contribution in [-0.2, 0) is 11.2 Å². The first kappa shape index (κ1) is 7.27. The number of hydrogen-bond acceptors (Lipinski definition) is 3. The second-order valence-corrected chi connectivity index (χ2v) is 2.92. The number of nitrogens with zero attached hydrogens (tertiary/aromatic N) is 3. The smallest absolute Gasteiger partial charge is 0.328 e. The van der Waals surface area contributed by atoms with E-state index in [9.17, 15) is 4.79 Å². The number of aliphatic carboxylic acids is 1. The van der Waals surface area contributed by atoms with E-state index in [1.54, 1.807) is 6.20 Å². The molecule has 0 aromatic carbocycles. The second-order valence-electron chi connectivity index (χ2n) is 2.92. The predicted molar refractivity (Wildman–Crippen MR) is 39.6 cm³/mol. The summed E-state index contributed by atoms with van der Waals surface area (Å²) in [5.74, 6) is -0.818. The number of aryl methyl sites for hydroxylation is 1. The van der Waals surface area contributed by atoms with Gasteiger partial charge in [-0.25, -0.2) is 9.48 Å². The maximum atomic E-state index is 10.7. The highest BCUT2D eigenvalue weighted by atomic mass is 16.4. The van der Waals surface area contributed by atoms with E-state index in [0.29, 0.717) is 6.42 Å². The Morgan fingerprint density at radius 2 is 2.58 bits per heavy atom. The van der Waals surface area contributed by atoms with E-state index in [0.717, 1.165) is 18.5 Å². The van der Waals surface area contributed by atoms with Gasteiger partial charge in [-0.3, -0.25) is 0 Å². The molecule has 1 aromatic rings. The molecule has 2 rings (SSSR count). The lowest BCUT2D eigenvalue weighted by Gasteiger charge is -2.19. The number of aromatic nitrogens is 3. The van der Waals surface area contributed by atoms with Crippen LogP contribution in [0.5, 0.6) is 0 Å². The molecule has 1 aliphatic heterocycles. The number of fused-ring (bicyclic) bond motifs is 1. The molecule has 1 atom stereocenters. The SMILES string of the molecule is O=C(O)[C@H]1CCCc2cnnn21. The third-order valence-electron chi connectivity index (χ3n) is 2.14. The van der Waals surface area contributed by atoms with Crippen LogP contribution >= 0.6 is 0 Å². The van der Waals surface area contributed by atoms with Crippen molar-refractivity contribution in [2.24, 2.45) is 0 Å². The Morgan fingerprint density at radius 3 is 3.33 bits per heavy atom. The van der Waals surface area contributed by atoms with Crippen molar-refractivity contribution in [2.75, 3.05) is 0 Å². The summed E-state index contributed by atoms with van der Waals surface area (Å²) >= 11 is 0. The Bertz CT molecular complexity index is 307. The van der Waals surface area contributed by atoms with E-state index >= 15 is 0 Å². The van der Waals surface area contributed by atoms with Crippen LogP contribution in [0.3, 0.4) is 0 Å². The van der Waals surface area contributed by atoms with E-state index < -0.39 is 12.0 Å². The van der Waals surface area contributed by atoms with E-state index in [-0.39, 0.29) is 0 Å². The highest BCUT2D eigenvalue weighted by Crippen LogP contribution is 2.22. The summed E-state index contributed by atoms with van der Waals surface area (Å²) in [5.41, 5.74) is 0.925. The fraction of sp³-hybridized carbons (Fsp3) is 0.571. The molecule has 2 heterocycles. The van der Waals surface area contributed by atoms with Crippen molar-refractivity contribution in [3.8, 4) is 0 Å². The van der Waals surface area contributed by atoms with Gasteiger partial charge in [-0.2, -0.15) is 0 Å². The zero-order valence-corrected chi connectivity index (χ0v) is 6.47. The molecule has 5 heteroatoms. The molecular weight excluding hydrogens is 158 g/mol. The average Bonchev–Trinajstić information content (AvgIpc) is 2.49. The van der Waals surface area contributed by atoms with Crippen LogP contribution in [0.25, 0.3) is 0 Å². The highest BCUT2D eigenvalue weighted by Gasteiger charge is 2.26. The predicted octanol–water partition coefficient (Wildman–Crippen LogP) is 0.240. The van der Waals surface area contributed by atoms with Crippen LogP contribution in [0, 0.1) is 0 Å². The van der Waals surface area contributed by atoms with Gasteiger partial charge in [0.25, 0.3) is 0 Å². The van der Waals surface area contributed by atoms with Gasteiger partial charge in [-0.05, 0) is 19.3 Å². The first-order valence-electron chi connectivity index (χ1n) is 3.91. The molecule has 64 valence electrons. The Labute approximate surface area is 69.0 Å². The van der Waals surface area contributed by atoms with Crippen LogP contribution in [0.4, 0.5) is 0 Å². The molecule has 12 heavy (non-hydrogen) atoms. The van der Waals surface area contributed by atoms with Gasteiger partial charge >= 0.3 is 5.97 Å². The number of rotatable bonds is 1. The Balaban J connectivity index is 2.37. The Kier molecular flexibility index (Phi) is 1.56. The van der Waals surface area contributed by atoms with Crippen molar-refractivity contribution < 1.29 is 9.90 Å². The number of carboxylic acids is 1. The molecule has 0 saturated carbocycles. The Morgan fingerprint density at radius 1 is 1.75 bits per heavy atom. The summed E-state index contributed by atoms with van der Waals surface area (Å²) in [6.07, 6.45) is 4.09. The topological polar surface area (TPSA) is 68.0 Å². The summed E-state index contributed by atoms with van der Waals surface area (Å²) in [4.78, 5) is 10.7. The molecule has 0 saturated heterocycles. The maximum absolute atomic E-state index is 10.7. The van der Waals surface area contributed by atoms with Gasteiger partial charge in [-0.15, -0.1) is 5.10 Å². The van der Waals surface area contributed by atoms with Crippen molar-refractivity contribution in [2.45, 2.75) is 25.3 Å². The van der Waals surface area contributed by atoms with Crippen LogP contribution in [-0.4, -0.2) is 26.1 Å². The summed E-state index contributed by atoms with van der Waals surface area (Å²) in [5, 5.41) is 16.2. The van der Waals surface area contributed by atoms with Crippen LogP contribution < -0.4 is 0 Å². The van der Waals surface area contributed by atoms with Crippen LogP contribution in [0.15, 0.2) is 6.20 Å². The molecule has 0 spiro atoms. The Hall–Kier alpha value is -1.39. The third-order valence-corrected chi connectivity index (χ3v) is 2.14. The van der Waals surface area contributed by atoms with E-state index in [2.05, 4.69) is 10.3 Å². The molecule has 0 unspecified atom stereocenters. The van der Waals surface area contributed by atoms with Crippen molar-refractivity contribution in [1.82, 2.24) is 15.0 Å². The standard InChI is InChI=1S/C7H9N3O2/c11-7(12)6-3-1-2-5-4-8-9-10(5)6/h4,6H,1-3H2,(H,11,12)/t6-/m1/s1. The number of hydrogen-bond donors (Lipinski definition) is 1. The minimum absolute atomic E-state index is 0.503. The lowest BCUT2D eigenvalue weighted by Crippen LogP contribution is -2.25. The molecule has 5 nitrogen and oxygen atoms in total. The van der Waals surface area contributed by atoms with Gasteiger partial charge in [0.1, 0.15) is 0 Å². The number of carboxylic acid groups (broad SMARTS) is 1. The normalized spacial score (nSPS) is 21.8. The quantitative estimate of drug-likeness (QED) is 0.650. The lowest BCUT2D eigenvalue weighted by molar-refractivity contribution is -0.141. The summed E-state index contributed by atoms with van der Waals surface area (Å²) in [6.45, 7) is 0. The van der Waals surface area contributed by atoms with E-state index in [1.165, 1.54) is 4.68 Å². The van der Waals surface area contributed by atoms with Crippen LogP contribution in [0.1, 0.15) is 24.6 Å². The summed E-state index contributed by atoms with van der Waals surface area (Å²) in [6, 6.07) is -0.503. The minimum Gasteiger partial charge on any atom is -0.480 e. The monoisotopic (exact) mass is 167 g/mol. The van der Waals surface area contributed by atoms with Crippen molar-refractivity contribution in [1.29, 1.82) is 0 Å². The zero-order valence-electron chi connectivity index (χ0n) is 6.47. The van der Waals surface area contributed by atoms with Gasteiger partial charge < -0.3 is 5.11 Å². The van der Waals surface area contributed by atoms with Crippen molar-refractivity contribution in [3.05, 3.63) is 11.9 Å². The van der Waals surface area contributed by atoms with Gasteiger partial charge in [0.2, 0.25) is 0 Å². The fourth-order valence-electron chi connectivity index (χ4n) is 1.53. The molecular formula is C7H9N3O2. The molecule has 0 radical (unpaired) electrons. The fourth-order valence-corrected chi connectivity index (χ4v) is 1.53. The van der Waals surface area contributed by atoms with Crippen molar-refractivity contribution in [3.63, 3.8) is 0 Å². The zero-order chi connectivity index (χ0) is 8.55. The molecule has 1 aromatic heterocycles. The van der Waals surface area contributed by atoms with Gasteiger partial charge in [0.15, 0.2) is 6.04 Å². The molecule has 0 amide bonds. The van der Waals surface area contributed by atoms with Crippen LogP contribution in [0.2, 0.25) is 0 Å². The van der Waals surface area contributed by atoms with Gasteiger partial charge in [-0.1, -0.05) is 5.21 Å². The molecule has 0 fully saturated rings. The minimum atomic E-state index is -0.818. The van der Waals surface area contributed by atoms with E-state index in [4.69, 9.17) is 5.11 Å². The first-order valence-corrected chi connectivity index (χ1v) is 3.91. The first-order chi connectivity index (χ1) is 5.79. The summed E-state index contributed by atoms with van der Waals surface area (Å²) < 4.78 is 1.51. The van der Waals surface area contributed by atoms with E-state index in [1.807, 2.05) is 0 Å². The molecule has 0 aliphatic carbocycles. The average molecular weight is 167 g/mol. The highest BCUT2D eigenvalue weighted by molar-refractivity contribution is 5.71.